The molecule has 0 fully saturated rings. The van der Waals surface area contributed by atoms with E-state index in [2.05, 4.69) is 46.0 Å². The van der Waals surface area contributed by atoms with Crippen LogP contribution in [0.15, 0.2) is 61.6 Å². The van der Waals surface area contributed by atoms with Gasteiger partial charge in [-0.15, -0.1) is 23.4 Å². The molecule has 4 N–H and O–H groups in total. The highest BCUT2D eigenvalue weighted by Crippen LogP contribution is 2.30. The Bertz CT molecular complexity index is 1510. The molecular formula is C26H28F3N9O3. The van der Waals surface area contributed by atoms with Crippen LogP contribution < -0.4 is 20.1 Å². The van der Waals surface area contributed by atoms with Gasteiger partial charge in [0.25, 0.3) is 0 Å². The Morgan fingerprint density at radius 2 is 1.73 bits per heavy atom. The van der Waals surface area contributed by atoms with Gasteiger partial charge in [-0.2, -0.15) is 10.2 Å². The Morgan fingerprint density at radius 3 is 2.54 bits per heavy atom. The highest BCUT2D eigenvalue weighted by atomic mass is 19.4. The summed E-state index contributed by atoms with van der Waals surface area (Å²) < 4.78 is 55.6. The van der Waals surface area contributed by atoms with Crippen molar-refractivity contribution in [2.75, 3.05) is 31.6 Å². The number of aromatic amines is 2. The van der Waals surface area contributed by atoms with Gasteiger partial charge < -0.3 is 24.8 Å². The number of benzene rings is 2. The predicted molar refractivity (Wildman–Crippen MR) is 143 cm³/mol. The molecule has 0 spiro atoms. The molecule has 0 radical (unpaired) electrons. The summed E-state index contributed by atoms with van der Waals surface area (Å²) in [4.78, 5) is 0. The molecule has 5 rings (SSSR count). The standard InChI is InChI=1S/C26H28F3N9O3/c27-26(28,29)41-21-8-18(7-20(11-21)40-22-13-32-33-14-22)12-30-3-1-2-5-39-6-4-31-24-9-19(38-16-35-36-17-38)10-25-23(24)15-34-37-25/h7-11,13-17,30-31H,1-6,12H2,(H,32,33)(H,34,37). The third-order valence-corrected chi connectivity index (χ3v) is 5.93. The lowest BCUT2D eigenvalue weighted by atomic mass is 10.2. The molecule has 12 nitrogen and oxygen atoms in total. The number of nitrogens with one attached hydrogen (secondary N) is 4. The average molecular weight is 572 g/mol. The molecule has 0 bridgehead atoms. The van der Waals surface area contributed by atoms with Crippen LogP contribution in [-0.4, -0.2) is 67.8 Å². The number of aromatic nitrogens is 7. The van der Waals surface area contributed by atoms with Crippen LogP contribution in [0.25, 0.3) is 16.6 Å². The molecule has 0 saturated carbocycles. The minimum Gasteiger partial charge on any atom is -0.454 e. The van der Waals surface area contributed by atoms with Crippen LogP contribution in [0.2, 0.25) is 0 Å². The van der Waals surface area contributed by atoms with Crippen molar-refractivity contribution in [1.82, 2.24) is 40.5 Å². The van der Waals surface area contributed by atoms with Crippen molar-refractivity contribution in [3.8, 4) is 22.9 Å². The van der Waals surface area contributed by atoms with E-state index in [0.717, 1.165) is 35.1 Å². The molecule has 0 saturated heterocycles. The van der Waals surface area contributed by atoms with Crippen molar-refractivity contribution in [3.05, 3.63) is 67.1 Å². The monoisotopic (exact) mass is 571 g/mol. The number of unbranched alkanes of at least 4 members (excludes halogenated alkanes) is 1. The van der Waals surface area contributed by atoms with Gasteiger partial charge in [-0.05, 0) is 49.2 Å². The maximum atomic E-state index is 12.8. The van der Waals surface area contributed by atoms with Gasteiger partial charge in [0.15, 0.2) is 5.75 Å². The van der Waals surface area contributed by atoms with Crippen LogP contribution in [0.5, 0.6) is 17.2 Å². The van der Waals surface area contributed by atoms with Crippen LogP contribution in [-0.2, 0) is 11.3 Å². The Kier molecular flexibility index (Phi) is 8.95. The number of hydrogen-bond donors (Lipinski definition) is 4. The molecule has 0 unspecified atom stereocenters. The minimum absolute atomic E-state index is 0.214. The highest BCUT2D eigenvalue weighted by molar-refractivity contribution is 5.93. The van der Waals surface area contributed by atoms with E-state index < -0.39 is 6.36 Å². The molecule has 0 aliphatic carbocycles. The van der Waals surface area contributed by atoms with Gasteiger partial charge in [-0.1, -0.05) is 0 Å². The Hall–Kier alpha value is -4.63. The van der Waals surface area contributed by atoms with Crippen molar-refractivity contribution in [2.45, 2.75) is 25.7 Å². The summed E-state index contributed by atoms with van der Waals surface area (Å²) in [7, 11) is 0. The molecule has 3 heterocycles. The zero-order valence-electron chi connectivity index (χ0n) is 21.8. The molecule has 0 amide bonds. The second-order valence-corrected chi connectivity index (χ2v) is 9.01. The van der Waals surface area contributed by atoms with Crippen molar-refractivity contribution in [1.29, 1.82) is 0 Å². The first-order valence-corrected chi connectivity index (χ1v) is 12.8. The molecular weight excluding hydrogens is 543 g/mol. The number of fused-ring (bicyclic) bond motifs is 1. The Balaban J connectivity index is 1.01. The summed E-state index contributed by atoms with van der Waals surface area (Å²) >= 11 is 0. The molecule has 0 atom stereocenters. The first-order chi connectivity index (χ1) is 19.9. The minimum atomic E-state index is -4.80. The molecule has 3 aromatic heterocycles. The zero-order valence-corrected chi connectivity index (χ0v) is 21.8. The summed E-state index contributed by atoms with van der Waals surface area (Å²) in [6.45, 7) is 2.73. The van der Waals surface area contributed by atoms with Crippen LogP contribution in [0.4, 0.5) is 18.9 Å². The first kappa shape index (κ1) is 27.9. The molecule has 41 heavy (non-hydrogen) atoms. The summed E-state index contributed by atoms with van der Waals surface area (Å²) in [5.74, 6) is 0.237. The quantitative estimate of drug-likeness (QED) is 0.133. The third-order valence-electron chi connectivity index (χ3n) is 5.93. The number of ether oxygens (including phenoxy) is 3. The van der Waals surface area contributed by atoms with Gasteiger partial charge in [0, 0.05) is 36.8 Å². The molecule has 5 aromatic rings. The lowest BCUT2D eigenvalue weighted by Crippen LogP contribution is -2.18. The van der Waals surface area contributed by atoms with Crippen LogP contribution in [0, 0.1) is 0 Å². The Labute approximate surface area is 232 Å². The average Bonchev–Trinajstić information content (AvgIpc) is 3.71. The van der Waals surface area contributed by atoms with E-state index in [1.165, 1.54) is 24.5 Å². The van der Waals surface area contributed by atoms with Gasteiger partial charge in [-0.25, -0.2) is 0 Å². The summed E-state index contributed by atoms with van der Waals surface area (Å²) in [6, 6.07) is 8.14. The van der Waals surface area contributed by atoms with Crippen LogP contribution in [0.1, 0.15) is 18.4 Å². The van der Waals surface area contributed by atoms with E-state index in [1.807, 2.05) is 16.7 Å². The molecule has 2 aromatic carbocycles. The normalized spacial score (nSPS) is 11.7. The third kappa shape index (κ3) is 8.18. The van der Waals surface area contributed by atoms with Gasteiger partial charge in [0.2, 0.25) is 0 Å². The second-order valence-electron chi connectivity index (χ2n) is 9.01. The van der Waals surface area contributed by atoms with Crippen molar-refractivity contribution < 1.29 is 27.4 Å². The Morgan fingerprint density at radius 1 is 0.878 bits per heavy atom. The second kappa shape index (κ2) is 13.1. The number of nitrogens with zero attached hydrogens (tertiary/aromatic N) is 5. The van der Waals surface area contributed by atoms with Crippen molar-refractivity contribution >= 4 is 16.6 Å². The van der Waals surface area contributed by atoms with E-state index in [4.69, 9.17) is 9.47 Å². The van der Waals surface area contributed by atoms with Gasteiger partial charge >= 0.3 is 6.36 Å². The molecule has 216 valence electrons. The molecule has 0 aliphatic rings. The number of hydrogen-bond acceptors (Lipinski definition) is 9. The number of halogens is 3. The van der Waals surface area contributed by atoms with Gasteiger partial charge in [0.1, 0.15) is 24.2 Å². The summed E-state index contributed by atoms with van der Waals surface area (Å²) in [5.41, 5.74) is 3.32. The van der Waals surface area contributed by atoms with Crippen LogP contribution in [0.3, 0.4) is 0 Å². The fourth-order valence-electron chi connectivity index (χ4n) is 4.13. The van der Waals surface area contributed by atoms with Crippen molar-refractivity contribution in [3.63, 3.8) is 0 Å². The molecule has 0 aliphatic heterocycles. The zero-order chi connectivity index (χ0) is 28.5. The maximum absolute atomic E-state index is 12.8. The number of H-pyrrole nitrogens is 2. The van der Waals surface area contributed by atoms with Gasteiger partial charge in [-0.3, -0.25) is 14.8 Å². The van der Waals surface area contributed by atoms with E-state index in [9.17, 15) is 13.2 Å². The molecule has 15 heteroatoms. The topological polar surface area (TPSA) is 140 Å². The SMILES string of the molecule is FC(F)(F)Oc1cc(CNCCCCOCCNc2cc(-n3cnnc3)cc3[nH]ncc23)cc(Oc2cn[nH]c2)c1. The summed E-state index contributed by atoms with van der Waals surface area (Å²) in [6.07, 6.45) is 4.81. The summed E-state index contributed by atoms with van der Waals surface area (Å²) in [5, 5.41) is 28.8. The fraction of sp³-hybridized carbons (Fsp3) is 0.308. The smallest absolute Gasteiger partial charge is 0.454 e. The fourth-order valence-corrected chi connectivity index (χ4v) is 4.13. The van der Waals surface area contributed by atoms with Gasteiger partial charge in [0.05, 0.1) is 36.4 Å². The number of anilines is 1. The number of alkyl halides is 3. The van der Waals surface area contributed by atoms with E-state index in [1.54, 1.807) is 24.9 Å². The first-order valence-electron chi connectivity index (χ1n) is 12.8. The van der Waals surface area contributed by atoms with Crippen LogP contribution >= 0.6 is 0 Å². The van der Waals surface area contributed by atoms with E-state index in [-0.39, 0.29) is 11.5 Å². The van der Waals surface area contributed by atoms with E-state index >= 15 is 0 Å². The number of rotatable bonds is 15. The lowest BCUT2D eigenvalue weighted by Gasteiger charge is -2.13. The lowest BCUT2D eigenvalue weighted by molar-refractivity contribution is -0.274. The highest BCUT2D eigenvalue weighted by Gasteiger charge is 2.31. The predicted octanol–water partition coefficient (Wildman–Crippen LogP) is 4.56. The van der Waals surface area contributed by atoms with E-state index in [0.29, 0.717) is 44.2 Å². The maximum Gasteiger partial charge on any atom is 0.573 e. The largest absolute Gasteiger partial charge is 0.573 e. The van der Waals surface area contributed by atoms with Crippen molar-refractivity contribution in [2.24, 2.45) is 0 Å².